The Morgan fingerprint density at radius 2 is 2.25 bits per heavy atom. The maximum atomic E-state index is 5.69. The fourth-order valence-electron chi connectivity index (χ4n) is 1.47. The predicted octanol–water partition coefficient (Wildman–Crippen LogP) is 3.56. The number of thioether (sulfide) groups is 1. The topological polar surface area (TPSA) is 51.8 Å². The Morgan fingerprint density at radius 1 is 1.38 bits per heavy atom. The molecule has 16 heavy (non-hydrogen) atoms. The van der Waals surface area contributed by atoms with Crippen molar-refractivity contribution in [3.63, 3.8) is 0 Å². The molecule has 3 nitrogen and oxygen atoms in total. The van der Waals surface area contributed by atoms with Crippen LogP contribution in [0.25, 0.3) is 10.2 Å². The van der Waals surface area contributed by atoms with Gasteiger partial charge in [-0.25, -0.2) is 9.97 Å². The van der Waals surface area contributed by atoms with E-state index in [-0.39, 0.29) is 0 Å². The Morgan fingerprint density at radius 3 is 3.06 bits per heavy atom. The minimum Gasteiger partial charge on any atom is -0.368 e. The van der Waals surface area contributed by atoms with Gasteiger partial charge in [0.1, 0.15) is 9.86 Å². The Bertz CT molecular complexity index is 467. The molecule has 0 bridgehead atoms. The number of nitrogens with two attached hydrogens (primary N) is 1. The van der Waals surface area contributed by atoms with Crippen LogP contribution in [0.2, 0.25) is 0 Å². The van der Waals surface area contributed by atoms with Gasteiger partial charge in [0.15, 0.2) is 0 Å². The van der Waals surface area contributed by atoms with Crippen molar-refractivity contribution in [2.45, 2.75) is 31.2 Å². The van der Waals surface area contributed by atoms with Crippen molar-refractivity contribution in [3.05, 3.63) is 11.4 Å². The van der Waals surface area contributed by atoms with Crippen molar-refractivity contribution in [2.75, 3.05) is 11.5 Å². The first-order chi connectivity index (χ1) is 7.81. The molecular weight excluding hydrogens is 238 g/mol. The number of fused-ring (bicyclic) bond motifs is 1. The van der Waals surface area contributed by atoms with E-state index in [4.69, 9.17) is 5.73 Å². The molecule has 2 rings (SSSR count). The summed E-state index contributed by atoms with van der Waals surface area (Å²) >= 11 is 3.40. The Kier molecular flexibility index (Phi) is 4.01. The number of nitrogen functional groups attached to an aromatic ring is 1. The summed E-state index contributed by atoms with van der Waals surface area (Å²) in [7, 11) is 0. The van der Waals surface area contributed by atoms with Gasteiger partial charge in [0, 0.05) is 5.39 Å². The molecule has 0 aliphatic heterocycles. The SMILES string of the molecule is CCCCCSc1nc(N)nc2sccc12. The van der Waals surface area contributed by atoms with Gasteiger partial charge in [-0.15, -0.1) is 23.1 Å². The zero-order chi connectivity index (χ0) is 11.4. The third-order valence-electron chi connectivity index (χ3n) is 2.29. The van der Waals surface area contributed by atoms with Crippen LogP contribution < -0.4 is 5.73 Å². The second-order valence-corrected chi connectivity index (χ2v) is 5.56. The van der Waals surface area contributed by atoms with Crippen LogP contribution in [0.1, 0.15) is 26.2 Å². The minimum atomic E-state index is 0.382. The number of unbranched alkanes of at least 4 members (excludes halogenated alkanes) is 2. The van der Waals surface area contributed by atoms with Crippen LogP contribution in [0, 0.1) is 0 Å². The Balaban J connectivity index is 2.12. The summed E-state index contributed by atoms with van der Waals surface area (Å²) in [5.41, 5.74) is 5.69. The summed E-state index contributed by atoms with van der Waals surface area (Å²) in [5.74, 6) is 1.49. The smallest absolute Gasteiger partial charge is 0.222 e. The Labute approximate surface area is 103 Å². The molecule has 2 aromatic heterocycles. The summed E-state index contributed by atoms with van der Waals surface area (Å²) in [4.78, 5) is 9.51. The van der Waals surface area contributed by atoms with Crippen molar-refractivity contribution in [3.8, 4) is 0 Å². The highest BCUT2D eigenvalue weighted by atomic mass is 32.2. The maximum absolute atomic E-state index is 5.69. The molecule has 86 valence electrons. The van der Waals surface area contributed by atoms with Crippen LogP contribution in [0.4, 0.5) is 5.95 Å². The lowest BCUT2D eigenvalue weighted by atomic mass is 10.3. The molecule has 2 heterocycles. The number of hydrogen-bond acceptors (Lipinski definition) is 5. The maximum Gasteiger partial charge on any atom is 0.222 e. The van der Waals surface area contributed by atoms with E-state index in [1.807, 2.05) is 5.38 Å². The summed E-state index contributed by atoms with van der Waals surface area (Å²) in [5, 5.41) is 4.20. The largest absolute Gasteiger partial charge is 0.368 e. The van der Waals surface area contributed by atoms with E-state index in [1.54, 1.807) is 23.1 Å². The number of nitrogens with zero attached hydrogens (tertiary/aromatic N) is 2. The van der Waals surface area contributed by atoms with Gasteiger partial charge in [-0.1, -0.05) is 19.8 Å². The number of aromatic nitrogens is 2. The molecular formula is C11H15N3S2. The second-order valence-electron chi connectivity index (χ2n) is 3.58. The van der Waals surface area contributed by atoms with E-state index in [2.05, 4.69) is 23.0 Å². The van der Waals surface area contributed by atoms with Gasteiger partial charge in [0.2, 0.25) is 5.95 Å². The minimum absolute atomic E-state index is 0.382. The first-order valence-corrected chi connectivity index (χ1v) is 7.31. The van der Waals surface area contributed by atoms with Gasteiger partial charge >= 0.3 is 0 Å². The zero-order valence-electron chi connectivity index (χ0n) is 9.27. The third kappa shape index (κ3) is 2.65. The van der Waals surface area contributed by atoms with Crippen LogP contribution >= 0.6 is 23.1 Å². The standard InChI is InChI=1S/C11H15N3S2/c1-2-3-4-6-15-9-8-5-7-16-10(8)14-11(12)13-9/h5,7H,2-4,6H2,1H3,(H2,12,13,14). The molecule has 0 fully saturated rings. The molecule has 0 aliphatic rings. The second kappa shape index (κ2) is 5.50. The molecule has 2 aromatic rings. The van der Waals surface area contributed by atoms with Gasteiger partial charge in [-0.3, -0.25) is 0 Å². The molecule has 0 atom stereocenters. The highest BCUT2D eigenvalue weighted by Crippen LogP contribution is 2.29. The quantitative estimate of drug-likeness (QED) is 0.503. The van der Waals surface area contributed by atoms with E-state index in [0.29, 0.717) is 5.95 Å². The van der Waals surface area contributed by atoms with Gasteiger partial charge in [0.25, 0.3) is 0 Å². The first-order valence-electron chi connectivity index (χ1n) is 5.44. The predicted molar refractivity (Wildman–Crippen MR) is 72.1 cm³/mol. The van der Waals surface area contributed by atoms with Crippen LogP contribution in [0.3, 0.4) is 0 Å². The molecule has 0 unspecified atom stereocenters. The molecule has 0 radical (unpaired) electrons. The van der Waals surface area contributed by atoms with Gasteiger partial charge in [-0.05, 0) is 23.6 Å². The van der Waals surface area contributed by atoms with Crippen molar-refractivity contribution in [1.82, 2.24) is 9.97 Å². The average Bonchev–Trinajstić information content (AvgIpc) is 2.72. The number of hydrogen-bond donors (Lipinski definition) is 1. The van der Waals surface area contributed by atoms with Crippen molar-refractivity contribution in [2.24, 2.45) is 0 Å². The molecule has 0 saturated heterocycles. The number of thiophene rings is 1. The van der Waals surface area contributed by atoms with Crippen LogP contribution in [-0.4, -0.2) is 15.7 Å². The fraction of sp³-hybridized carbons (Fsp3) is 0.455. The van der Waals surface area contributed by atoms with Crippen molar-refractivity contribution in [1.29, 1.82) is 0 Å². The summed E-state index contributed by atoms with van der Waals surface area (Å²) in [6.45, 7) is 2.21. The molecule has 5 heteroatoms. The van der Waals surface area contributed by atoms with Gasteiger partial charge in [0.05, 0.1) is 0 Å². The highest BCUT2D eigenvalue weighted by molar-refractivity contribution is 7.99. The fourth-order valence-corrected chi connectivity index (χ4v) is 3.33. The molecule has 0 saturated carbocycles. The summed E-state index contributed by atoms with van der Waals surface area (Å²) in [6, 6.07) is 2.07. The average molecular weight is 253 g/mol. The van der Waals surface area contributed by atoms with Crippen LogP contribution in [-0.2, 0) is 0 Å². The van der Waals surface area contributed by atoms with Gasteiger partial charge < -0.3 is 5.73 Å². The Hall–Kier alpha value is -0.810. The number of anilines is 1. The third-order valence-corrected chi connectivity index (χ3v) is 4.18. The van der Waals surface area contributed by atoms with E-state index in [9.17, 15) is 0 Å². The zero-order valence-corrected chi connectivity index (χ0v) is 10.9. The van der Waals surface area contributed by atoms with Crippen molar-refractivity contribution < 1.29 is 0 Å². The molecule has 0 aromatic carbocycles. The van der Waals surface area contributed by atoms with E-state index >= 15 is 0 Å². The monoisotopic (exact) mass is 253 g/mol. The normalized spacial score (nSPS) is 11.1. The van der Waals surface area contributed by atoms with Crippen molar-refractivity contribution >= 4 is 39.3 Å². The van der Waals surface area contributed by atoms with Gasteiger partial charge in [-0.2, -0.15) is 0 Å². The van der Waals surface area contributed by atoms with Crippen LogP contribution in [0.15, 0.2) is 16.5 Å². The molecule has 0 spiro atoms. The molecule has 2 N–H and O–H groups in total. The van der Waals surface area contributed by atoms with Crippen LogP contribution in [0.5, 0.6) is 0 Å². The molecule has 0 aliphatic carbocycles. The lowest BCUT2D eigenvalue weighted by Gasteiger charge is -2.02. The highest BCUT2D eigenvalue weighted by Gasteiger charge is 2.07. The first kappa shape index (κ1) is 11.7. The molecule has 0 amide bonds. The summed E-state index contributed by atoms with van der Waals surface area (Å²) < 4.78 is 0. The van der Waals surface area contributed by atoms with E-state index in [0.717, 1.165) is 21.0 Å². The van der Waals surface area contributed by atoms with E-state index < -0.39 is 0 Å². The summed E-state index contributed by atoms with van der Waals surface area (Å²) in [6.07, 6.45) is 3.76. The lowest BCUT2D eigenvalue weighted by molar-refractivity contribution is 0.778. The van der Waals surface area contributed by atoms with E-state index in [1.165, 1.54) is 19.3 Å². The lowest BCUT2D eigenvalue weighted by Crippen LogP contribution is -1.96. The number of rotatable bonds is 5.